The Morgan fingerprint density at radius 1 is 1.35 bits per heavy atom. The predicted octanol–water partition coefficient (Wildman–Crippen LogP) is 4.28. The molecule has 1 aromatic heterocycles. The summed E-state index contributed by atoms with van der Waals surface area (Å²) >= 11 is 5.95. The molecule has 10 nitrogen and oxygen atoms in total. The second-order valence-corrected chi connectivity index (χ2v) is 9.64. The molecule has 1 aliphatic rings. The molecule has 1 amide bonds. The molecule has 1 saturated heterocycles. The lowest BCUT2D eigenvalue weighted by molar-refractivity contribution is -0.112. The summed E-state index contributed by atoms with van der Waals surface area (Å²) in [7, 11) is 0. The third kappa shape index (κ3) is 7.04. The highest BCUT2D eigenvalue weighted by atomic mass is 35.5. The Balaban J connectivity index is 1.70. The van der Waals surface area contributed by atoms with Crippen molar-refractivity contribution in [2.75, 3.05) is 30.4 Å². The van der Waals surface area contributed by atoms with Gasteiger partial charge in [-0.05, 0) is 38.1 Å². The van der Waals surface area contributed by atoms with Crippen molar-refractivity contribution in [2.24, 2.45) is 0 Å². The van der Waals surface area contributed by atoms with Crippen LogP contribution in [0.5, 0.6) is 5.75 Å². The summed E-state index contributed by atoms with van der Waals surface area (Å²) in [5.74, 6) is -0.687. The van der Waals surface area contributed by atoms with Gasteiger partial charge >= 0.3 is 0 Å². The lowest BCUT2D eigenvalue weighted by atomic mass is 10.1. The number of rotatable bonds is 10. The minimum Gasteiger partial charge on any atom is -0.486 e. The molecule has 0 bridgehead atoms. The maximum atomic E-state index is 13.7. The van der Waals surface area contributed by atoms with E-state index in [1.54, 1.807) is 12.1 Å². The van der Waals surface area contributed by atoms with Crippen LogP contribution in [0.15, 0.2) is 48.7 Å². The van der Waals surface area contributed by atoms with Crippen molar-refractivity contribution < 1.29 is 28.9 Å². The standard InChI is InChI=1S/C28H29ClFN5O5/c1-16(36)35(17(2)37)8-3-4-27(38)34-25-11-21-24(12-26(25)40-20-7-9-39-15-20)32-14-18(13-31)28(21)33-19-5-6-23(30)22(29)10-19/h3-6,10-12,14,16-17,20,36-37H,7-9,15H2,1-2H3,(H,32,33)(H,34,38)/b4-3+. The van der Waals surface area contributed by atoms with Crippen molar-refractivity contribution in [3.8, 4) is 11.8 Å². The van der Waals surface area contributed by atoms with Crippen LogP contribution in [-0.4, -0.2) is 64.3 Å². The van der Waals surface area contributed by atoms with Crippen molar-refractivity contribution in [1.29, 1.82) is 5.26 Å². The molecule has 3 atom stereocenters. The number of nitrogens with one attached hydrogen (secondary N) is 2. The highest BCUT2D eigenvalue weighted by Gasteiger charge is 2.21. The van der Waals surface area contributed by atoms with Gasteiger partial charge in [0.1, 0.15) is 36.2 Å². The Labute approximate surface area is 235 Å². The Kier molecular flexibility index (Phi) is 9.52. The van der Waals surface area contributed by atoms with Crippen LogP contribution in [0.25, 0.3) is 10.9 Å². The number of aliphatic hydroxyl groups excluding tert-OH is 2. The van der Waals surface area contributed by atoms with Gasteiger partial charge in [0.15, 0.2) is 0 Å². The van der Waals surface area contributed by atoms with Crippen molar-refractivity contribution in [1.82, 2.24) is 9.88 Å². The number of pyridine rings is 1. The fourth-order valence-corrected chi connectivity index (χ4v) is 4.39. The van der Waals surface area contributed by atoms with Crippen molar-refractivity contribution >= 4 is 45.5 Å². The fourth-order valence-electron chi connectivity index (χ4n) is 4.21. The molecule has 3 aromatic rings. The van der Waals surface area contributed by atoms with Crippen molar-refractivity contribution in [2.45, 2.75) is 38.8 Å². The first-order valence-corrected chi connectivity index (χ1v) is 13.0. The molecule has 0 spiro atoms. The first kappa shape index (κ1) is 29.2. The van der Waals surface area contributed by atoms with Gasteiger partial charge in [-0.2, -0.15) is 5.26 Å². The predicted molar refractivity (Wildman–Crippen MR) is 149 cm³/mol. The molecule has 210 valence electrons. The number of carbonyl (C=O) groups is 1. The van der Waals surface area contributed by atoms with Crippen LogP contribution in [0.1, 0.15) is 25.8 Å². The Bertz CT molecular complexity index is 1450. The van der Waals surface area contributed by atoms with E-state index in [9.17, 15) is 24.7 Å². The number of amides is 1. The van der Waals surface area contributed by atoms with E-state index in [1.807, 2.05) is 0 Å². The smallest absolute Gasteiger partial charge is 0.248 e. The van der Waals surface area contributed by atoms with Gasteiger partial charge < -0.3 is 30.3 Å². The van der Waals surface area contributed by atoms with Gasteiger partial charge in [0.2, 0.25) is 5.91 Å². The van der Waals surface area contributed by atoms with Crippen LogP contribution in [0.2, 0.25) is 5.02 Å². The number of aliphatic hydroxyl groups is 2. The summed E-state index contributed by atoms with van der Waals surface area (Å²) in [5.41, 5.74) is 1.88. The first-order chi connectivity index (χ1) is 19.2. The molecule has 0 saturated carbocycles. The molecular weight excluding hydrogens is 541 g/mol. The number of hydrogen-bond donors (Lipinski definition) is 4. The number of anilines is 3. The van der Waals surface area contributed by atoms with E-state index in [4.69, 9.17) is 21.1 Å². The molecular formula is C28H29ClFN5O5. The number of fused-ring (bicyclic) bond motifs is 1. The Hall–Kier alpha value is -3.79. The monoisotopic (exact) mass is 569 g/mol. The molecule has 2 aromatic carbocycles. The van der Waals surface area contributed by atoms with E-state index in [-0.39, 0.29) is 23.2 Å². The van der Waals surface area contributed by atoms with Crippen LogP contribution in [0.4, 0.5) is 21.5 Å². The van der Waals surface area contributed by atoms with Crippen molar-refractivity contribution in [3.63, 3.8) is 0 Å². The number of nitrogens with zero attached hydrogens (tertiary/aromatic N) is 3. The number of hydrogen-bond acceptors (Lipinski definition) is 9. The van der Waals surface area contributed by atoms with Gasteiger partial charge in [-0.3, -0.25) is 9.78 Å². The number of ether oxygens (including phenoxy) is 2. The Morgan fingerprint density at radius 3 is 2.77 bits per heavy atom. The minimum absolute atomic E-state index is 0.0826. The zero-order valence-electron chi connectivity index (χ0n) is 21.9. The third-order valence-electron chi connectivity index (χ3n) is 6.26. The summed E-state index contributed by atoms with van der Waals surface area (Å²) in [4.78, 5) is 18.7. The molecule has 1 fully saturated rings. The van der Waals surface area contributed by atoms with E-state index in [0.717, 1.165) is 0 Å². The highest BCUT2D eigenvalue weighted by Crippen LogP contribution is 2.37. The largest absolute Gasteiger partial charge is 0.486 e. The Morgan fingerprint density at radius 2 is 2.12 bits per heavy atom. The molecule has 3 unspecified atom stereocenters. The lowest BCUT2D eigenvalue weighted by Gasteiger charge is -2.26. The summed E-state index contributed by atoms with van der Waals surface area (Å²) in [6.45, 7) is 4.12. The second-order valence-electron chi connectivity index (χ2n) is 9.23. The van der Waals surface area contributed by atoms with Crippen LogP contribution in [0, 0.1) is 17.1 Å². The van der Waals surface area contributed by atoms with Gasteiger partial charge in [-0.25, -0.2) is 9.29 Å². The lowest BCUT2D eigenvalue weighted by Crippen LogP contribution is -2.40. The molecule has 2 heterocycles. The van der Waals surface area contributed by atoms with Gasteiger partial charge in [0.05, 0.1) is 40.7 Å². The highest BCUT2D eigenvalue weighted by molar-refractivity contribution is 6.31. The average molecular weight is 570 g/mol. The number of carbonyl (C=O) groups excluding carboxylic acids is 1. The van der Waals surface area contributed by atoms with Crippen LogP contribution < -0.4 is 15.4 Å². The van der Waals surface area contributed by atoms with Crippen LogP contribution in [-0.2, 0) is 9.53 Å². The minimum atomic E-state index is -0.912. The molecule has 40 heavy (non-hydrogen) atoms. The third-order valence-corrected chi connectivity index (χ3v) is 6.55. The quantitative estimate of drug-likeness (QED) is 0.208. The number of nitriles is 1. The summed E-state index contributed by atoms with van der Waals surface area (Å²) in [6.07, 6.45) is 2.85. The van der Waals surface area contributed by atoms with E-state index in [0.29, 0.717) is 53.3 Å². The maximum Gasteiger partial charge on any atom is 0.248 e. The zero-order valence-corrected chi connectivity index (χ0v) is 22.7. The van der Waals surface area contributed by atoms with Gasteiger partial charge in [-0.1, -0.05) is 17.7 Å². The second kappa shape index (κ2) is 13.0. The molecule has 4 rings (SSSR count). The van der Waals surface area contributed by atoms with E-state index in [2.05, 4.69) is 21.7 Å². The van der Waals surface area contributed by atoms with Crippen LogP contribution in [0.3, 0.4) is 0 Å². The van der Waals surface area contributed by atoms with Crippen molar-refractivity contribution in [3.05, 3.63) is 65.1 Å². The topological polar surface area (TPSA) is 140 Å². The molecule has 4 N–H and O–H groups in total. The number of halogens is 2. The zero-order chi connectivity index (χ0) is 28.8. The summed E-state index contributed by atoms with van der Waals surface area (Å²) in [6, 6.07) is 9.51. The number of benzene rings is 2. The summed E-state index contributed by atoms with van der Waals surface area (Å²) in [5, 5.41) is 35.7. The van der Waals surface area contributed by atoms with E-state index >= 15 is 0 Å². The summed E-state index contributed by atoms with van der Waals surface area (Å²) < 4.78 is 25.3. The molecule has 12 heteroatoms. The van der Waals surface area contributed by atoms with E-state index < -0.39 is 24.2 Å². The van der Waals surface area contributed by atoms with Gasteiger partial charge in [-0.15, -0.1) is 0 Å². The average Bonchev–Trinajstić information content (AvgIpc) is 3.42. The van der Waals surface area contributed by atoms with Gasteiger partial charge in [0, 0.05) is 42.4 Å². The molecule has 0 radical (unpaired) electrons. The normalized spacial score (nSPS) is 16.7. The molecule has 1 aliphatic heterocycles. The SMILES string of the molecule is CC(O)N(C/C=C/C(=O)Nc1cc2c(Nc3ccc(F)c(Cl)c3)c(C#N)cnc2cc1OC1CCOC1)C(C)O. The molecule has 0 aliphatic carbocycles. The van der Waals surface area contributed by atoms with Gasteiger partial charge in [0.25, 0.3) is 0 Å². The maximum absolute atomic E-state index is 13.7. The first-order valence-electron chi connectivity index (χ1n) is 12.6. The van der Waals surface area contributed by atoms with Crippen LogP contribution >= 0.6 is 11.6 Å². The fraction of sp³-hybridized carbons (Fsp3) is 0.321. The van der Waals surface area contributed by atoms with E-state index in [1.165, 1.54) is 55.3 Å². The number of aromatic nitrogens is 1.